The van der Waals surface area contributed by atoms with Crippen molar-refractivity contribution in [2.75, 3.05) is 16.6 Å². The molecule has 0 aromatic heterocycles. The number of anilines is 2. The molecule has 0 aliphatic carbocycles. The molecule has 0 atom stereocenters. The summed E-state index contributed by atoms with van der Waals surface area (Å²) in [5.74, 6) is -0.150. The maximum atomic E-state index is 13.2. The van der Waals surface area contributed by atoms with E-state index in [9.17, 15) is 21.6 Å². The lowest BCUT2D eigenvalue weighted by molar-refractivity contribution is 0.0601. The summed E-state index contributed by atoms with van der Waals surface area (Å²) in [6.45, 7) is 3.85. The molecule has 5 rings (SSSR count). The molecule has 0 bridgehead atoms. The molecule has 5 aromatic rings. The van der Waals surface area contributed by atoms with Crippen molar-refractivity contribution in [2.24, 2.45) is 0 Å². The van der Waals surface area contributed by atoms with Crippen LogP contribution in [0.15, 0.2) is 125 Å². The molecule has 0 heterocycles. The van der Waals surface area contributed by atoms with E-state index in [-0.39, 0.29) is 50.6 Å². The molecule has 0 spiro atoms. The third-order valence-electron chi connectivity index (χ3n) is 6.97. The van der Waals surface area contributed by atoms with Gasteiger partial charge in [0.1, 0.15) is 23.9 Å². The second-order valence-corrected chi connectivity index (χ2v) is 13.9. The molecule has 0 saturated carbocycles. The summed E-state index contributed by atoms with van der Waals surface area (Å²) < 4.78 is 74.5. The normalized spacial score (nSPS) is 11.4. The van der Waals surface area contributed by atoms with Crippen molar-refractivity contribution in [3.05, 3.63) is 138 Å². The lowest BCUT2D eigenvalue weighted by Crippen LogP contribution is -2.16. The highest BCUT2D eigenvalue weighted by Crippen LogP contribution is 2.35. The third-order valence-corrected chi connectivity index (χ3v) is 9.74. The molecule has 0 saturated heterocycles. The van der Waals surface area contributed by atoms with Crippen molar-refractivity contribution in [3.8, 4) is 17.2 Å². The number of methoxy groups -OCH3 is 1. The predicted molar refractivity (Wildman–Crippen MR) is 179 cm³/mol. The second kappa shape index (κ2) is 14.0. The van der Waals surface area contributed by atoms with Gasteiger partial charge in [-0.15, -0.1) is 0 Å². The first-order valence-electron chi connectivity index (χ1n) is 14.3. The molecular formula is C35H32N2O8S2. The summed E-state index contributed by atoms with van der Waals surface area (Å²) in [5.41, 5.74) is 2.78. The van der Waals surface area contributed by atoms with Crippen molar-refractivity contribution in [2.45, 2.75) is 30.2 Å². The zero-order chi connectivity index (χ0) is 33.6. The fourth-order valence-electron chi connectivity index (χ4n) is 4.44. The zero-order valence-corrected chi connectivity index (χ0v) is 27.4. The van der Waals surface area contributed by atoms with Crippen LogP contribution in [0, 0.1) is 13.8 Å². The van der Waals surface area contributed by atoms with Gasteiger partial charge in [-0.05, 0) is 74.0 Å². The van der Waals surface area contributed by atoms with Crippen LogP contribution in [0.25, 0.3) is 0 Å². The minimum absolute atomic E-state index is 0.00230. The molecule has 0 amide bonds. The minimum Gasteiger partial charge on any atom is -0.487 e. The van der Waals surface area contributed by atoms with E-state index >= 15 is 0 Å². The van der Waals surface area contributed by atoms with Crippen LogP contribution >= 0.6 is 0 Å². The largest absolute Gasteiger partial charge is 0.487 e. The summed E-state index contributed by atoms with van der Waals surface area (Å²) in [7, 11) is -6.78. The third kappa shape index (κ3) is 8.29. The van der Waals surface area contributed by atoms with Gasteiger partial charge in [0.25, 0.3) is 20.0 Å². The topological polar surface area (TPSA) is 137 Å². The van der Waals surface area contributed by atoms with E-state index < -0.39 is 26.0 Å². The lowest BCUT2D eigenvalue weighted by atomic mass is 10.1. The fourth-order valence-corrected chi connectivity index (χ4v) is 6.59. The molecular weight excluding hydrogens is 641 g/mol. The zero-order valence-electron chi connectivity index (χ0n) is 25.8. The highest BCUT2D eigenvalue weighted by atomic mass is 32.2. The van der Waals surface area contributed by atoms with Crippen LogP contribution in [0.1, 0.15) is 27.0 Å². The Morgan fingerprint density at radius 2 is 1.15 bits per heavy atom. The Labute approximate surface area is 274 Å². The van der Waals surface area contributed by atoms with Crippen molar-refractivity contribution < 1.29 is 35.8 Å². The standard InChI is InChI=1S/C35H32N2O8S2/c1-24-9-15-29(16-10-24)46(39,40)36-32-19-13-27(21-31(32)35(38)43-3)45-28-14-20-33(34(22-28)44-23-26-7-5-4-6-8-26)37-47(41,42)30-17-11-25(2)12-18-30/h4-22,36-37H,23H2,1-3H3. The number of aryl methyl sites for hydroxylation is 2. The summed E-state index contributed by atoms with van der Waals surface area (Å²) in [5, 5.41) is 0. The van der Waals surface area contributed by atoms with E-state index in [4.69, 9.17) is 14.2 Å². The maximum Gasteiger partial charge on any atom is 0.340 e. The number of carbonyl (C=O) groups excluding carboxylic acids is 1. The number of hydrogen-bond acceptors (Lipinski definition) is 8. The van der Waals surface area contributed by atoms with Gasteiger partial charge in [-0.2, -0.15) is 0 Å². The van der Waals surface area contributed by atoms with E-state index in [2.05, 4.69) is 9.44 Å². The van der Waals surface area contributed by atoms with Crippen LogP contribution in [0.5, 0.6) is 17.2 Å². The second-order valence-electron chi connectivity index (χ2n) is 10.6. The number of ether oxygens (including phenoxy) is 3. The van der Waals surface area contributed by atoms with Crippen LogP contribution in [-0.4, -0.2) is 29.9 Å². The Morgan fingerprint density at radius 1 is 0.638 bits per heavy atom. The van der Waals surface area contributed by atoms with Gasteiger partial charge in [0.05, 0.1) is 33.8 Å². The Kier molecular flexibility index (Phi) is 9.83. The number of esters is 1. The van der Waals surface area contributed by atoms with Crippen LogP contribution < -0.4 is 18.9 Å². The van der Waals surface area contributed by atoms with Gasteiger partial charge >= 0.3 is 5.97 Å². The Hall–Kier alpha value is -5.33. The number of rotatable bonds is 12. The molecule has 47 heavy (non-hydrogen) atoms. The monoisotopic (exact) mass is 672 g/mol. The Bertz CT molecular complexity index is 2100. The van der Waals surface area contributed by atoms with E-state index in [1.54, 1.807) is 24.3 Å². The van der Waals surface area contributed by atoms with Gasteiger partial charge in [-0.3, -0.25) is 9.44 Å². The van der Waals surface area contributed by atoms with Crippen LogP contribution in [-0.2, 0) is 31.4 Å². The molecule has 2 N–H and O–H groups in total. The van der Waals surface area contributed by atoms with Crippen molar-refractivity contribution in [1.82, 2.24) is 0 Å². The van der Waals surface area contributed by atoms with Gasteiger partial charge in [0.15, 0.2) is 0 Å². The first kappa shape index (κ1) is 33.0. The van der Waals surface area contributed by atoms with Gasteiger partial charge in [-0.25, -0.2) is 21.6 Å². The lowest BCUT2D eigenvalue weighted by Gasteiger charge is -2.17. The summed E-state index contributed by atoms with van der Waals surface area (Å²) in [4.78, 5) is 12.8. The number of sulfonamides is 2. The highest BCUT2D eigenvalue weighted by Gasteiger charge is 2.21. The number of benzene rings is 5. The molecule has 0 aliphatic heterocycles. The van der Waals surface area contributed by atoms with Crippen molar-refractivity contribution >= 4 is 37.4 Å². The van der Waals surface area contributed by atoms with E-state index in [1.165, 1.54) is 67.8 Å². The molecule has 242 valence electrons. The molecule has 12 heteroatoms. The number of hydrogen-bond donors (Lipinski definition) is 2. The van der Waals surface area contributed by atoms with Gasteiger partial charge in [0, 0.05) is 6.07 Å². The molecule has 5 aromatic carbocycles. The van der Waals surface area contributed by atoms with Gasteiger partial charge in [-0.1, -0.05) is 65.7 Å². The van der Waals surface area contributed by atoms with Gasteiger partial charge in [0.2, 0.25) is 0 Å². The maximum absolute atomic E-state index is 13.2. The number of nitrogens with one attached hydrogen (secondary N) is 2. The SMILES string of the molecule is COC(=O)c1cc(Oc2ccc(NS(=O)(=O)c3ccc(C)cc3)c(OCc3ccccc3)c2)ccc1NS(=O)(=O)c1ccc(C)cc1. The summed E-state index contributed by atoms with van der Waals surface area (Å²) in [6.07, 6.45) is 0. The van der Waals surface area contributed by atoms with Crippen LogP contribution in [0.4, 0.5) is 11.4 Å². The van der Waals surface area contributed by atoms with Crippen LogP contribution in [0.2, 0.25) is 0 Å². The number of carbonyl (C=O) groups is 1. The van der Waals surface area contributed by atoms with Crippen molar-refractivity contribution in [1.29, 1.82) is 0 Å². The average molecular weight is 673 g/mol. The van der Waals surface area contributed by atoms with E-state index in [1.807, 2.05) is 44.2 Å². The fraction of sp³-hybridized carbons (Fsp3) is 0.114. The van der Waals surface area contributed by atoms with Gasteiger partial charge < -0.3 is 14.2 Å². The molecule has 0 aliphatic rings. The first-order chi connectivity index (χ1) is 22.4. The predicted octanol–water partition coefficient (Wildman–Crippen LogP) is 7.06. The molecule has 0 radical (unpaired) electrons. The Balaban J connectivity index is 1.44. The highest BCUT2D eigenvalue weighted by molar-refractivity contribution is 7.93. The van der Waals surface area contributed by atoms with Crippen LogP contribution in [0.3, 0.4) is 0 Å². The smallest absolute Gasteiger partial charge is 0.340 e. The summed E-state index contributed by atoms with van der Waals surface area (Å²) in [6, 6.07) is 30.9. The van der Waals surface area contributed by atoms with E-state index in [0.29, 0.717) is 0 Å². The van der Waals surface area contributed by atoms with Crippen molar-refractivity contribution in [3.63, 3.8) is 0 Å². The Morgan fingerprint density at radius 3 is 1.70 bits per heavy atom. The molecule has 10 nitrogen and oxygen atoms in total. The molecule has 0 unspecified atom stereocenters. The summed E-state index contributed by atoms with van der Waals surface area (Å²) >= 11 is 0. The minimum atomic E-state index is -4.01. The average Bonchev–Trinajstić information content (AvgIpc) is 3.05. The van der Waals surface area contributed by atoms with E-state index in [0.717, 1.165) is 16.7 Å². The molecule has 0 fully saturated rings. The quantitative estimate of drug-likeness (QED) is 0.134. The first-order valence-corrected chi connectivity index (χ1v) is 17.3.